The summed E-state index contributed by atoms with van der Waals surface area (Å²) < 4.78 is 44.4. The second-order valence-electron chi connectivity index (χ2n) is 8.07. The lowest BCUT2D eigenvalue weighted by atomic mass is 10.0. The summed E-state index contributed by atoms with van der Waals surface area (Å²) in [6.07, 6.45) is 1.65. The highest BCUT2D eigenvalue weighted by molar-refractivity contribution is 5.93. The fraction of sp³-hybridized carbons (Fsp3) is 0.318. The van der Waals surface area contributed by atoms with Crippen molar-refractivity contribution in [2.75, 3.05) is 18.0 Å². The molecule has 3 heterocycles. The van der Waals surface area contributed by atoms with E-state index in [4.69, 9.17) is 5.73 Å². The van der Waals surface area contributed by atoms with Gasteiger partial charge in [0.05, 0.1) is 11.1 Å². The van der Waals surface area contributed by atoms with Gasteiger partial charge in [0.2, 0.25) is 5.43 Å². The number of benzene rings is 1. The Bertz CT molecular complexity index is 1310. The van der Waals surface area contributed by atoms with Crippen LogP contribution in [0, 0.1) is 30.3 Å². The standard InChI is InChI=1S/C22H21F3N4O3/c1-10-17-19(30)14(22(31)32)9-29(16-4-3-13(23)7-15(16)24)20(17)27-21(18(10)25)28-6-5-12(8-28)11(2)26/h3-4,7,9,11-12H,5-6,8,26H2,1-2H3,(H,31,32)/t11-,12+/m0/s1. The summed E-state index contributed by atoms with van der Waals surface area (Å²) in [5.74, 6) is -4.04. The van der Waals surface area contributed by atoms with Crippen LogP contribution in [-0.4, -0.2) is 39.8 Å². The Morgan fingerprint density at radius 2 is 2.03 bits per heavy atom. The molecule has 168 valence electrons. The van der Waals surface area contributed by atoms with Crippen molar-refractivity contribution < 1.29 is 23.1 Å². The Morgan fingerprint density at radius 3 is 2.62 bits per heavy atom. The van der Waals surface area contributed by atoms with Gasteiger partial charge < -0.3 is 15.7 Å². The highest BCUT2D eigenvalue weighted by atomic mass is 19.1. The zero-order chi connectivity index (χ0) is 23.3. The minimum atomic E-state index is -1.56. The van der Waals surface area contributed by atoms with Crippen LogP contribution in [0.25, 0.3) is 16.7 Å². The second-order valence-corrected chi connectivity index (χ2v) is 8.07. The minimum Gasteiger partial charge on any atom is -0.477 e. The molecule has 0 amide bonds. The number of nitrogens with zero attached hydrogens (tertiary/aromatic N) is 3. The number of hydrogen-bond acceptors (Lipinski definition) is 5. The normalized spacial score (nSPS) is 17.2. The summed E-state index contributed by atoms with van der Waals surface area (Å²) in [5, 5.41) is 9.20. The van der Waals surface area contributed by atoms with Gasteiger partial charge in [-0.3, -0.25) is 9.36 Å². The lowest BCUT2D eigenvalue weighted by Crippen LogP contribution is -2.30. The first-order valence-electron chi connectivity index (χ1n) is 10.0. The molecule has 0 spiro atoms. The van der Waals surface area contributed by atoms with E-state index < -0.39 is 34.4 Å². The largest absolute Gasteiger partial charge is 0.477 e. The van der Waals surface area contributed by atoms with Crippen molar-refractivity contribution in [2.45, 2.75) is 26.3 Å². The number of aromatic carboxylic acids is 1. The lowest BCUT2D eigenvalue weighted by Gasteiger charge is -2.22. The maximum absolute atomic E-state index is 15.3. The Balaban J connectivity index is 2.04. The monoisotopic (exact) mass is 446 g/mol. The van der Waals surface area contributed by atoms with Gasteiger partial charge in [-0.15, -0.1) is 0 Å². The van der Waals surface area contributed by atoms with Gasteiger partial charge in [-0.25, -0.2) is 22.9 Å². The Morgan fingerprint density at radius 1 is 1.31 bits per heavy atom. The van der Waals surface area contributed by atoms with Crippen molar-refractivity contribution >= 4 is 22.8 Å². The van der Waals surface area contributed by atoms with Crippen molar-refractivity contribution in [3.63, 3.8) is 0 Å². The molecule has 3 N–H and O–H groups in total. The molecule has 7 nitrogen and oxygen atoms in total. The molecule has 0 bridgehead atoms. The highest BCUT2D eigenvalue weighted by Gasteiger charge is 2.30. The van der Waals surface area contributed by atoms with Crippen LogP contribution >= 0.6 is 0 Å². The third-order valence-electron chi connectivity index (χ3n) is 5.96. The summed E-state index contributed by atoms with van der Waals surface area (Å²) in [6, 6.07) is 2.62. The summed E-state index contributed by atoms with van der Waals surface area (Å²) in [6.45, 7) is 4.16. The molecule has 3 aromatic rings. The number of carboxylic acids is 1. The number of fused-ring (bicyclic) bond motifs is 1. The van der Waals surface area contributed by atoms with Gasteiger partial charge in [0, 0.05) is 37.0 Å². The predicted molar refractivity (Wildman–Crippen MR) is 113 cm³/mol. The van der Waals surface area contributed by atoms with E-state index >= 15 is 4.39 Å². The molecule has 1 aliphatic heterocycles. The summed E-state index contributed by atoms with van der Waals surface area (Å²) in [5.41, 5.74) is 3.91. The van der Waals surface area contributed by atoms with Crippen LogP contribution in [0.4, 0.5) is 19.0 Å². The van der Waals surface area contributed by atoms with Crippen LogP contribution in [0.1, 0.15) is 29.3 Å². The minimum absolute atomic E-state index is 0.0307. The molecule has 0 saturated carbocycles. The SMILES string of the molecule is Cc1c(F)c(N2CC[C@@H]([C@H](C)N)C2)nc2c1c(=O)c(C(=O)O)cn2-c1ccc(F)cc1F. The molecule has 0 aliphatic carbocycles. The van der Waals surface area contributed by atoms with Crippen LogP contribution in [0.3, 0.4) is 0 Å². The molecular formula is C22H21F3N4O3. The van der Waals surface area contributed by atoms with Gasteiger partial charge in [0.1, 0.15) is 17.2 Å². The molecular weight excluding hydrogens is 425 g/mol. The molecule has 2 aromatic heterocycles. The van der Waals surface area contributed by atoms with Gasteiger partial charge in [-0.1, -0.05) is 0 Å². The zero-order valence-corrected chi connectivity index (χ0v) is 17.4. The van der Waals surface area contributed by atoms with Crippen molar-refractivity contribution in [3.05, 3.63) is 63.2 Å². The van der Waals surface area contributed by atoms with Gasteiger partial charge in [0.25, 0.3) is 0 Å². The molecule has 10 heteroatoms. The average molecular weight is 446 g/mol. The van der Waals surface area contributed by atoms with Crippen LogP contribution in [-0.2, 0) is 0 Å². The first-order chi connectivity index (χ1) is 15.1. The van der Waals surface area contributed by atoms with E-state index in [2.05, 4.69) is 4.98 Å². The molecule has 1 aromatic carbocycles. The maximum atomic E-state index is 15.3. The van der Waals surface area contributed by atoms with E-state index in [1.807, 2.05) is 6.92 Å². The second kappa shape index (κ2) is 7.94. The molecule has 1 aliphatic rings. The van der Waals surface area contributed by atoms with Gasteiger partial charge >= 0.3 is 5.97 Å². The number of carboxylic acid groups (broad SMARTS) is 1. The molecule has 1 saturated heterocycles. The fourth-order valence-electron chi connectivity index (χ4n) is 4.11. The Hall–Kier alpha value is -3.40. The number of nitrogens with two attached hydrogens (primary N) is 1. The van der Waals surface area contributed by atoms with Crippen molar-refractivity contribution in [1.82, 2.24) is 9.55 Å². The summed E-state index contributed by atoms with van der Waals surface area (Å²) >= 11 is 0. The number of rotatable bonds is 4. The highest BCUT2D eigenvalue weighted by Crippen LogP contribution is 2.31. The van der Waals surface area contributed by atoms with Crippen LogP contribution in [0.5, 0.6) is 0 Å². The molecule has 4 rings (SSSR count). The molecule has 0 unspecified atom stereocenters. The number of aryl methyl sites for hydroxylation is 1. The number of pyridine rings is 2. The lowest BCUT2D eigenvalue weighted by molar-refractivity contribution is 0.0695. The molecule has 32 heavy (non-hydrogen) atoms. The van der Waals surface area contributed by atoms with Crippen molar-refractivity contribution in [1.29, 1.82) is 0 Å². The van der Waals surface area contributed by atoms with E-state index in [9.17, 15) is 23.5 Å². The quantitative estimate of drug-likeness (QED) is 0.639. The van der Waals surface area contributed by atoms with Crippen LogP contribution in [0.15, 0.2) is 29.2 Å². The first-order valence-corrected chi connectivity index (χ1v) is 10.0. The summed E-state index contributed by atoms with van der Waals surface area (Å²) in [4.78, 5) is 30.6. The summed E-state index contributed by atoms with van der Waals surface area (Å²) in [7, 11) is 0. The number of carbonyl (C=O) groups is 1. The number of anilines is 1. The Labute approximate surface area is 180 Å². The van der Waals surface area contributed by atoms with E-state index in [0.29, 0.717) is 19.2 Å². The van der Waals surface area contributed by atoms with Crippen molar-refractivity contribution in [3.8, 4) is 5.69 Å². The molecule has 1 fully saturated rings. The maximum Gasteiger partial charge on any atom is 0.341 e. The van der Waals surface area contributed by atoms with Crippen LogP contribution < -0.4 is 16.1 Å². The smallest absolute Gasteiger partial charge is 0.341 e. The number of aromatic nitrogens is 2. The topological polar surface area (TPSA) is 101 Å². The first kappa shape index (κ1) is 21.8. The fourth-order valence-corrected chi connectivity index (χ4v) is 4.11. The predicted octanol–water partition coefficient (Wildman–Crippen LogP) is 2.98. The molecule has 2 atom stereocenters. The van der Waals surface area contributed by atoms with Crippen LogP contribution in [0.2, 0.25) is 0 Å². The third kappa shape index (κ3) is 3.50. The van der Waals surface area contributed by atoms with Crippen molar-refractivity contribution in [2.24, 2.45) is 11.7 Å². The average Bonchev–Trinajstić information content (AvgIpc) is 3.21. The van der Waals surface area contributed by atoms with E-state index in [1.165, 1.54) is 6.92 Å². The van der Waals surface area contributed by atoms with E-state index in [0.717, 1.165) is 29.3 Å². The van der Waals surface area contributed by atoms with E-state index in [-0.39, 0.29) is 40.1 Å². The van der Waals surface area contributed by atoms with Gasteiger partial charge in [0.15, 0.2) is 17.3 Å². The van der Waals surface area contributed by atoms with E-state index in [1.54, 1.807) is 4.90 Å². The van der Waals surface area contributed by atoms with Gasteiger partial charge in [-0.2, -0.15) is 0 Å². The number of hydrogen-bond donors (Lipinski definition) is 2. The number of halogens is 3. The van der Waals surface area contributed by atoms with Gasteiger partial charge in [-0.05, 0) is 38.3 Å². The molecule has 0 radical (unpaired) electrons. The zero-order valence-electron chi connectivity index (χ0n) is 17.4. The third-order valence-corrected chi connectivity index (χ3v) is 5.96. The Kier molecular flexibility index (Phi) is 5.41.